The van der Waals surface area contributed by atoms with Crippen LogP contribution in [0.25, 0.3) is 36.5 Å². The molecule has 0 aliphatic carbocycles. The molecule has 8 heterocycles. The summed E-state index contributed by atoms with van der Waals surface area (Å²) in [5.41, 5.74) is 8.73. The number of allylic oxidation sites excluding steroid dienone is 2. The van der Waals surface area contributed by atoms with Crippen molar-refractivity contribution in [2.24, 2.45) is 0 Å². The number of rotatable bonds is 23. The normalized spacial score (nSPS) is 18.0. The summed E-state index contributed by atoms with van der Waals surface area (Å²) in [4.78, 5) is 158. The molecule has 137 heavy (non-hydrogen) atoms. The Morgan fingerprint density at radius 1 is 0.263 bits per heavy atom. The molecule has 0 saturated carbocycles. The Morgan fingerprint density at radius 3 is 0.693 bits per heavy atom. The van der Waals surface area contributed by atoms with Crippen LogP contribution in [0.2, 0.25) is 0 Å². The molecule has 0 spiro atoms. The Balaban J connectivity index is 0.000000184. The van der Waals surface area contributed by atoms with E-state index in [2.05, 4.69) is 166 Å². The minimum Gasteiger partial charge on any atom is -0.378 e. The second kappa shape index (κ2) is 47.9. The maximum atomic E-state index is 12.2. The quantitative estimate of drug-likeness (QED) is 0.0209. The van der Waals surface area contributed by atoms with E-state index < -0.39 is 34.0 Å². The molecule has 0 atom stereocenters. The predicted molar refractivity (Wildman–Crippen MR) is 549 cm³/mol. The van der Waals surface area contributed by atoms with E-state index in [4.69, 9.17) is 0 Å². The SMILES string of the molecule is CC1(C)NC(=O)C(=Cc2ccc(N3CCCC3)cc2)C(=O)N1.CC1(C)NC(=O)C(=Cc2ccc(N3CCCCC3)cc2)C(=O)N1.CCCCN(CCCC)c1ccc(C=C2C(=O)NC(C)(C)NC2=O)cc1.CCN(CC)c1ccc(/C=C/C=C2C(=O)NC(C)(C)NC2=O)cc1.CCN(CC)c1ccc(C=C2C(=O)NC(C)(C)NC2=O)cc1.CN(C)c1ccc(C=C2C(=O)NC(C)(C)NC2=O)cc1. The monoisotopic (exact) mass is 1870 g/mol. The van der Waals surface area contributed by atoms with E-state index in [0.717, 1.165) is 110 Å². The van der Waals surface area contributed by atoms with Crippen LogP contribution < -0.4 is 93.2 Å². The summed E-state index contributed by atoms with van der Waals surface area (Å²) < 4.78 is 0. The van der Waals surface area contributed by atoms with Crippen LogP contribution >= 0.6 is 0 Å². The van der Waals surface area contributed by atoms with E-state index in [1.165, 1.54) is 86.6 Å². The Kier molecular flexibility index (Phi) is 37.3. The van der Waals surface area contributed by atoms with Crippen LogP contribution in [0, 0.1) is 0 Å². The van der Waals surface area contributed by atoms with Crippen LogP contribution in [0.5, 0.6) is 0 Å². The summed E-state index contributed by atoms with van der Waals surface area (Å²) in [6, 6.07) is 47.7. The average Bonchev–Trinajstić information content (AvgIpc) is 0.997. The number of amides is 12. The van der Waals surface area contributed by atoms with E-state index in [-0.39, 0.29) is 104 Å². The second-order valence-electron chi connectivity index (χ2n) is 38.2. The minimum atomic E-state index is -0.714. The highest BCUT2D eigenvalue weighted by molar-refractivity contribution is 6.27. The number of carbonyl (C=O) groups is 12. The van der Waals surface area contributed by atoms with Crippen molar-refractivity contribution in [1.82, 2.24) is 63.8 Å². The van der Waals surface area contributed by atoms with Gasteiger partial charge >= 0.3 is 0 Å². The highest BCUT2D eigenvalue weighted by Gasteiger charge is 2.40. The summed E-state index contributed by atoms with van der Waals surface area (Å²) >= 11 is 0. The predicted octanol–water partition coefficient (Wildman–Crippen LogP) is 12.6. The molecule has 8 aliphatic heterocycles. The molecule has 14 rings (SSSR count). The highest BCUT2D eigenvalue weighted by atomic mass is 16.2. The first-order valence-electron chi connectivity index (χ1n) is 47.6. The first kappa shape index (κ1) is 107. The molecule has 0 unspecified atom stereocenters. The van der Waals surface area contributed by atoms with Gasteiger partial charge in [-0.2, -0.15) is 0 Å². The van der Waals surface area contributed by atoms with Crippen molar-refractivity contribution < 1.29 is 57.5 Å². The van der Waals surface area contributed by atoms with Gasteiger partial charge in [0.2, 0.25) is 0 Å². The van der Waals surface area contributed by atoms with Crippen LogP contribution in [0.1, 0.15) is 216 Å². The summed E-state index contributed by atoms with van der Waals surface area (Å²) in [6.07, 6.45) is 24.2. The topological polar surface area (TPSA) is 369 Å². The molecule has 12 amide bonds. The number of piperidine rings is 1. The molecule has 732 valence electrons. The standard InChI is InChI=1S/C21H31N3O2.C19H25N3O2.C18H23N3O2.C17H21N3O2.C17H23N3O2.C15H19N3O2/c1-5-7-13-24(14-8-6-2)17-11-9-16(10-12-17)15-18-19(25)22-21(3,4)23-20(18)26;1-5-22(6-2)15-12-10-14(11-13-15)8-7-9-16-17(23)20-19(3,4)21-18(16)24;1-18(2)19-16(22)15(17(23)20-18)12-13-6-8-14(9-7-13)21-10-4-3-5-11-21;1-17(2)18-15(21)14(16(22)19-17)11-12-5-7-13(8-6-12)20-9-3-4-10-20;1-5-20(6-2)13-9-7-12(8-10-13)11-14-15(21)18-17(3,4)19-16(14)22;1-15(2)16-13(19)12(14(20)17-15)9-10-5-7-11(8-6-10)18(3)4/h9-12,15H,5-8,13-14H2,1-4H3,(H,22,25)(H,23,26);7-13H,5-6H2,1-4H3,(H,20,23)(H,21,24);6-9,12H,3-5,10-11H2,1-2H3,(H,19,22)(H,20,23);5-8,11H,3-4,9-10H2,1-2H3,(H,18,21)(H,19,22);7-11H,5-6H2,1-4H3,(H,18,21)(H,19,22);5-9H,1-4H3,(H,16,19)(H,17,20)/b;8-7+;;;;. The van der Waals surface area contributed by atoms with E-state index in [9.17, 15) is 57.5 Å². The van der Waals surface area contributed by atoms with Gasteiger partial charge in [-0.05, 0) is 298 Å². The fourth-order valence-corrected chi connectivity index (χ4v) is 16.1. The third kappa shape index (κ3) is 31.8. The number of nitrogens with zero attached hydrogens (tertiary/aromatic N) is 6. The Bertz CT molecular complexity index is 5290. The van der Waals surface area contributed by atoms with Gasteiger partial charge in [0.1, 0.15) is 67.4 Å². The Hall–Kier alpha value is -14.1. The van der Waals surface area contributed by atoms with Crippen LogP contribution in [-0.2, 0) is 57.5 Å². The number of hydrogen-bond acceptors (Lipinski definition) is 18. The molecule has 12 N–H and O–H groups in total. The van der Waals surface area contributed by atoms with Crippen molar-refractivity contribution in [3.8, 4) is 0 Å². The molecule has 6 aromatic rings. The van der Waals surface area contributed by atoms with Crippen LogP contribution in [-0.4, -0.2) is 184 Å². The summed E-state index contributed by atoms with van der Waals surface area (Å²) in [7, 11) is 3.91. The zero-order valence-electron chi connectivity index (χ0n) is 83.5. The number of benzene rings is 6. The van der Waals surface area contributed by atoms with E-state index >= 15 is 0 Å². The number of hydrogen-bond donors (Lipinski definition) is 12. The first-order chi connectivity index (χ1) is 64.7. The van der Waals surface area contributed by atoms with E-state index in [1.54, 1.807) is 120 Å². The minimum absolute atomic E-state index is 0.116. The maximum Gasteiger partial charge on any atom is 0.258 e. The molecule has 8 aliphatic rings. The smallest absolute Gasteiger partial charge is 0.258 e. The third-order valence-corrected chi connectivity index (χ3v) is 23.4. The van der Waals surface area contributed by atoms with Gasteiger partial charge in [0, 0.05) is 114 Å². The zero-order chi connectivity index (χ0) is 100. The number of anilines is 6. The largest absolute Gasteiger partial charge is 0.378 e. The van der Waals surface area contributed by atoms with Crippen LogP contribution in [0.3, 0.4) is 0 Å². The lowest BCUT2D eigenvalue weighted by Gasteiger charge is -2.32. The lowest BCUT2D eigenvalue weighted by Crippen LogP contribution is -2.62. The van der Waals surface area contributed by atoms with Crippen molar-refractivity contribution in [2.45, 2.75) is 216 Å². The molecule has 0 radical (unpaired) electrons. The van der Waals surface area contributed by atoms with Gasteiger partial charge in [-0.1, -0.05) is 112 Å². The highest BCUT2D eigenvalue weighted by Crippen LogP contribution is 2.29. The van der Waals surface area contributed by atoms with Crippen LogP contribution in [0.4, 0.5) is 34.1 Å². The van der Waals surface area contributed by atoms with E-state index in [0.29, 0.717) is 0 Å². The fourth-order valence-electron chi connectivity index (χ4n) is 16.1. The molecule has 8 saturated heterocycles. The lowest BCUT2D eigenvalue weighted by molar-refractivity contribution is -0.131. The van der Waals surface area contributed by atoms with Crippen molar-refractivity contribution >= 4 is 141 Å². The number of nitrogens with one attached hydrogen (secondary N) is 12. The molecular weight excluding hydrogens is 1730 g/mol. The molecule has 30 heteroatoms. The average molecular weight is 1870 g/mol. The fraction of sp³-hybridized carbons (Fsp3) is 0.421. The second-order valence-corrected chi connectivity index (χ2v) is 38.2. The van der Waals surface area contributed by atoms with Gasteiger partial charge in [0.05, 0.1) is 0 Å². The molecular formula is C107H142N18O12. The Morgan fingerprint density at radius 2 is 0.467 bits per heavy atom. The molecule has 30 nitrogen and oxygen atoms in total. The van der Waals surface area contributed by atoms with Crippen molar-refractivity contribution in [1.29, 1.82) is 0 Å². The summed E-state index contributed by atoms with van der Waals surface area (Å²) in [6.45, 7) is 44.2. The molecule has 0 bridgehead atoms. The van der Waals surface area contributed by atoms with Gasteiger partial charge < -0.3 is 93.2 Å². The molecule has 0 aromatic heterocycles. The van der Waals surface area contributed by atoms with Gasteiger partial charge in [0.25, 0.3) is 70.9 Å². The zero-order valence-corrected chi connectivity index (χ0v) is 83.5. The third-order valence-electron chi connectivity index (χ3n) is 23.4. The van der Waals surface area contributed by atoms with Gasteiger partial charge in [0.15, 0.2) is 0 Å². The van der Waals surface area contributed by atoms with Crippen molar-refractivity contribution in [3.05, 3.63) is 225 Å². The van der Waals surface area contributed by atoms with Crippen molar-refractivity contribution in [2.75, 3.05) is 109 Å². The summed E-state index contributed by atoms with van der Waals surface area (Å²) in [5.74, 6) is -4.12. The molecule has 6 aromatic carbocycles. The van der Waals surface area contributed by atoms with Gasteiger partial charge in [-0.15, -0.1) is 0 Å². The number of unbranched alkanes of at least 4 members (excludes halogenated alkanes) is 2. The van der Waals surface area contributed by atoms with Gasteiger partial charge in [-0.3, -0.25) is 57.5 Å². The van der Waals surface area contributed by atoms with Crippen LogP contribution in [0.15, 0.2) is 191 Å². The lowest BCUT2D eigenvalue weighted by atomic mass is 10.0. The van der Waals surface area contributed by atoms with Gasteiger partial charge in [-0.25, -0.2) is 0 Å². The molecule has 8 fully saturated rings. The van der Waals surface area contributed by atoms with Crippen molar-refractivity contribution in [3.63, 3.8) is 0 Å². The Labute approximate surface area is 808 Å². The summed E-state index contributed by atoms with van der Waals surface area (Å²) in [5, 5.41) is 33.1. The number of carbonyl (C=O) groups excluding carboxylic acids is 12. The first-order valence-corrected chi connectivity index (χ1v) is 47.6. The maximum absolute atomic E-state index is 12.2. The van der Waals surface area contributed by atoms with E-state index in [1.807, 2.05) is 134 Å².